The molecule has 3 aliphatic rings. The van der Waals surface area contributed by atoms with Crippen LogP contribution in [0.2, 0.25) is 0 Å². The van der Waals surface area contributed by atoms with Gasteiger partial charge in [-0.2, -0.15) is 8.42 Å². The number of Topliss-reactive ketones (excluding diaryl/α,β-unsaturated/α-hetero) is 2. The number of rotatable bonds is 6. The van der Waals surface area contributed by atoms with E-state index in [4.69, 9.17) is 8.92 Å². The van der Waals surface area contributed by atoms with Gasteiger partial charge in [-0.3, -0.25) is 18.6 Å². The van der Waals surface area contributed by atoms with E-state index in [1.807, 2.05) is 13.8 Å². The number of fused-ring (bicyclic) bond motifs is 1. The van der Waals surface area contributed by atoms with Gasteiger partial charge in [0.05, 0.1) is 12.9 Å². The van der Waals surface area contributed by atoms with Crippen molar-refractivity contribution in [2.75, 3.05) is 12.9 Å². The van der Waals surface area contributed by atoms with E-state index < -0.39 is 15.5 Å². The summed E-state index contributed by atoms with van der Waals surface area (Å²) in [6, 6.07) is 0. The van der Waals surface area contributed by atoms with Crippen molar-refractivity contribution in [1.29, 1.82) is 0 Å². The summed E-state index contributed by atoms with van der Waals surface area (Å²) in [6.07, 6.45) is 5.56. The molecule has 8 heteroatoms. The Balaban J connectivity index is 1.83. The first-order valence-electron chi connectivity index (χ1n) is 10.9. The quantitative estimate of drug-likeness (QED) is 0.460. The first-order chi connectivity index (χ1) is 13.9. The molecule has 0 amide bonds. The lowest BCUT2D eigenvalue weighted by atomic mass is 9.51. The molecule has 0 aromatic carbocycles. The van der Waals surface area contributed by atoms with Crippen molar-refractivity contribution in [3.8, 4) is 0 Å². The number of carbonyl (C=O) groups excluding carboxylic acids is 3. The molecule has 3 fully saturated rings. The second kappa shape index (κ2) is 8.34. The first kappa shape index (κ1) is 23.4. The molecule has 1 unspecified atom stereocenters. The Hall–Kier alpha value is -1.28. The fourth-order valence-electron chi connectivity index (χ4n) is 6.46. The van der Waals surface area contributed by atoms with Gasteiger partial charge in [0, 0.05) is 30.6 Å². The van der Waals surface area contributed by atoms with Gasteiger partial charge in [0.1, 0.15) is 17.7 Å². The van der Waals surface area contributed by atoms with Crippen molar-refractivity contribution in [3.05, 3.63) is 0 Å². The van der Waals surface area contributed by atoms with Gasteiger partial charge in [0.25, 0.3) is 10.1 Å². The van der Waals surface area contributed by atoms with Crippen molar-refractivity contribution in [3.63, 3.8) is 0 Å². The highest BCUT2D eigenvalue weighted by Crippen LogP contribution is 2.60. The number of hydrogen-bond donors (Lipinski definition) is 0. The van der Waals surface area contributed by atoms with Crippen LogP contribution in [-0.2, 0) is 33.4 Å². The Morgan fingerprint density at radius 3 is 2.23 bits per heavy atom. The topological polar surface area (TPSA) is 104 Å². The molecule has 6 atom stereocenters. The second-order valence-electron chi connectivity index (χ2n) is 9.92. The summed E-state index contributed by atoms with van der Waals surface area (Å²) >= 11 is 0. The lowest BCUT2D eigenvalue weighted by Crippen LogP contribution is -2.52. The van der Waals surface area contributed by atoms with Gasteiger partial charge in [-0.1, -0.05) is 13.8 Å². The molecule has 7 nitrogen and oxygen atoms in total. The maximum absolute atomic E-state index is 13.2. The third-order valence-corrected chi connectivity index (χ3v) is 8.68. The zero-order valence-electron chi connectivity index (χ0n) is 18.4. The molecule has 3 rings (SSSR count). The molecule has 0 aromatic rings. The monoisotopic (exact) mass is 442 g/mol. The van der Waals surface area contributed by atoms with Crippen LogP contribution in [-0.4, -0.2) is 44.9 Å². The van der Waals surface area contributed by atoms with Gasteiger partial charge >= 0.3 is 5.97 Å². The molecule has 0 aliphatic heterocycles. The van der Waals surface area contributed by atoms with Crippen molar-refractivity contribution < 1.29 is 31.7 Å². The zero-order valence-corrected chi connectivity index (χ0v) is 19.3. The highest BCUT2D eigenvalue weighted by atomic mass is 32.2. The molecule has 0 bridgehead atoms. The van der Waals surface area contributed by atoms with Gasteiger partial charge in [0.15, 0.2) is 0 Å². The number of esters is 1. The molecule has 170 valence electrons. The predicted molar refractivity (Wildman–Crippen MR) is 110 cm³/mol. The summed E-state index contributed by atoms with van der Waals surface area (Å²) < 4.78 is 33.3. The smallest absolute Gasteiger partial charge is 0.302 e. The van der Waals surface area contributed by atoms with Crippen LogP contribution in [0.15, 0.2) is 0 Å². The van der Waals surface area contributed by atoms with Crippen LogP contribution in [0, 0.1) is 28.6 Å². The molecule has 3 saturated carbocycles. The minimum Gasteiger partial charge on any atom is -0.462 e. The number of hydrogen-bond acceptors (Lipinski definition) is 7. The van der Waals surface area contributed by atoms with Gasteiger partial charge in [-0.25, -0.2) is 0 Å². The summed E-state index contributed by atoms with van der Waals surface area (Å²) in [7, 11) is -3.54. The van der Waals surface area contributed by atoms with E-state index in [2.05, 4.69) is 0 Å². The Kier molecular flexibility index (Phi) is 6.50. The lowest BCUT2D eigenvalue weighted by molar-refractivity contribution is -0.157. The van der Waals surface area contributed by atoms with E-state index in [1.54, 1.807) is 0 Å². The number of ketones is 2. The highest BCUT2D eigenvalue weighted by molar-refractivity contribution is 7.85. The fraction of sp³-hybridized carbons (Fsp3) is 0.864. The minimum atomic E-state index is -3.54. The summed E-state index contributed by atoms with van der Waals surface area (Å²) in [4.78, 5) is 37.2. The van der Waals surface area contributed by atoms with Gasteiger partial charge in [0.2, 0.25) is 0 Å². The number of carbonyl (C=O) groups is 3. The normalized spacial score (nSPS) is 39.6. The minimum absolute atomic E-state index is 0.0520. The summed E-state index contributed by atoms with van der Waals surface area (Å²) in [6.45, 7) is 5.47. The fourth-order valence-corrected chi connectivity index (χ4v) is 6.86. The lowest BCUT2D eigenvalue weighted by Gasteiger charge is -2.52. The SMILES string of the molecule is CC(=O)O[C@H]1CC[C@](C)(C2CC[C@]3(C)C(=O)CC[C@H]3[C@@H]2CCOS(C)(=O)=O)C(=O)C1. The maximum atomic E-state index is 13.2. The molecular weight excluding hydrogens is 408 g/mol. The van der Waals surface area contributed by atoms with Crippen molar-refractivity contribution >= 4 is 27.7 Å². The van der Waals surface area contributed by atoms with Crippen LogP contribution < -0.4 is 0 Å². The van der Waals surface area contributed by atoms with E-state index in [9.17, 15) is 22.8 Å². The van der Waals surface area contributed by atoms with E-state index >= 15 is 0 Å². The van der Waals surface area contributed by atoms with Gasteiger partial charge in [-0.15, -0.1) is 0 Å². The Morgan fingerprint density at radius 1 is 1.03 bits per heavy atom. The molecule has 0 spiro atoms. The average Bonchev–Trinajstić information content (AvgIpc) is 2.92. The van der Waals surface area contributed by atoms with E-state index in [1.165, 1.54) is 6.92 Å². The maximum Gasteiger partial charge on any atom is 0.302 e. The first-order valence-corrected chi connectivity index (χ1v) is 12.8. The summed E-state index contributed by atoms with van der Waals surface area (Å²) in [5, 5.41) is 0. The Bertz CT molecular complexity index is 819. The van der Waals surface area contributed by atoms with Crippen LogP contribution in [0.5, 0.6) is 0 Å². The second-order valence-corrected chi connectivity index (χ2v) is 11.6. The van der Waals surface area contributed by atoms with Crippen molar-refractivity contribution in [1.82, 2.24) is 0 Å². The van der Waals surface area contributed by atoms with Crippen molar-refractivity contribution in [2.24, 2.45) is 28.6 Å². The van der Waals surface area contributed by atoms with Crippen LogP contribution in [0.4, 0.5) is 0 Å². The zero-order chi connectivity index (χ0) is 22.3. The van der Waals surface area contributed by atoms with Crippen LogP contribution in [0.25, 0.3) is 0 Å². The summed E-state index contributed by atoms with van der Waals surface area (Å²) in [5.74, 6) is 0.279. The Labute approximate surface area is 179 Å². The Morgan fingerprint density at radius 2 is 1.63 bits per heavy atom. The predicted octanol–water partition coefficient (Wildman–Crippen LogP) is 3.06. The molecule has 0 heterocycles. The van der Waals surface area contributed by atoms with E-state index in [0.717, 1.165) is 25.5 Å². The average molecular weight is 443 g/mol. The van der Waals surface area contributed by atoms with Crippen LogP contribution in [0.3, 0.4) is 0 Å². The van der Waals surface area contributed by atoms with Crippen molar-refractivity contribution in [2.45, 2.75) is 78.2 Å². The number of ether oxygens (including phenoxy) is 1. The molecule has 0 N–H and O–H groups in total. The summed E-state index contributed by atoms with van der Waals surface area (Å²) in [5.41, 5.74) is -0.944. The van der Waals surface area contributed by atoms with Gasteiger partial charge < -0.3 is 4.74 Å². The molecule has 0 aromatic heterocycles. The highest BCUT2D eigenvalue weighted by Gasteiger charge is 2.58. The molecule has 0 saturated heterocycles. The van der Waals surface area contributed by atoms with E-state index in [-0.39, 0.29) is 59.8 Å². The van der Waals surface area contributed by atoms with Gasteiger partial charge in [-0.05, 0) is 56.3 Å². The largest absolute Gasteiger partial charge is 0.462 e. The molecule has 30 heavy (non-hydrogen) atoms. The molecule has 3 aliphatic carbocycles. The van der Waals surface area contributed by atoms with E-state index in [0.29, 0.717) is 25.7 Å². The molecular formula is C22H34O7S. The molecule has 0 radical (unpaired) electrons. The standard InChI is InChI=1S/C22H34O7S/c1-14(23)29-15-7-10-22(3,20(25)13-15)18-8-11-21(2)17(5-6-19(21)24)16(18)9-12-28-30(4,26)27/h15-18H,5-13H2,1-4H3/t15-,16-,17-,18?,21-,22+/m0/s1. The third kappa shape index (κ3) is 4.49. The third-order valence-electron chi connectivity index (χ3n) is 8.08. The van der Waals surface area contributed by atoms with Crippen LogP contribution >= 0.6 is 0 Å². The van der Waals surface area contributed by atoms with Crippen LogP contribution in [0.1, 0.15) is 72.1 Å².